The monoisotopic (exact) mass is 336 g/mol. The van der Waals surface area contributed by atoms with Gasteiger partial charge in [0.15, 0.2) is 0 Å². The Kier molecular flexibility index (Phi) is 6.04. The van der Waals surface area contributed by atoms with E-state index in [0.29, 0.717) is 30.9 Å². The summed E-state index contributed by atoms with van der Waals surface area (Å²) in [5.41, 5.74) is -1.28. The number of likely N-dealkylation sites (tertiary alicyclic amines) is 1. The Bertz CT molecular complexity index is 579. The molecule has 2 heterocycles. The Morgan fingerprint density at radius 1 is 1.42 bits per heavy atom. The first-order chi connectivity index (χ1) is 11.3. The summed E-state index contributed by atoms with van der Waals surface area (Å²) in [4.78, 5) is 26.5. The van der Waals surface area contributed by atoms with Gasteiger partial charge in [-0.15, -0.1) is 0 Å². The number of hydrogen-bond acceptors (Lipinski definition) is 4. The lowest BCUT2D eigenvalue weighted by Crippen LogP contribution is -2.53. The van der Waals surface area contributed by atoms with E-state index in [9.17, 15) is 14.7 Å². The largest absolute Gasteiger partial charge is 0.463 e. The van der Waals surface area contributed by atoms with Gasteiger partial charge in [0.05, 0.1) is 6.54 Å². The first kappa shape index (κ1) is 18.5. The van der Waals surface area contributed by atoms with Crippen LogP contribution < -0.4 is 5.32 Å². The van der Waals surface area contributed by atoms with Crippen LogP contribution in [-0.2, 0) is 15.2 Å². The van der Waals surface area contributed by atoms with E-state index in [2.05, 4.69) is 5.32 Å². The number of hydrogen-bond donors (Lipinski definition) is 2. The summed E-state index contributed by atoms with van der Waals surface area (Å²) in [6.45, 7) is 6.04. The van der Waals surface area contributed by atoms with Gasteiger partial charge in [0.2, 0.25) is 11.8 Å². The van der Waals surface area contributed by atoms with Crippen LogP contribution in [0.2, 0.25) is 0 Å². The smallest absolute Gasteiger partial charge is 0.242 e. The third-order valence-electron chi connectivity index (χ3n) is 4.47. The number of piperidine rings is 1. The second-order valence-corrected chi connectivity index (χ2v) is 6.75. The van der Waals surface area contributed by atoms with E-state index in [1.165, 1.54) is 0 Å². The van der Waals surface area contributed by atoms with Crippen LogP contribution >= 0.6 is 0 Å². The van der Waals surface area contributed by atoms with Crippen molar-refractivity contribution in [2.75, 3.05) is 13.1 Å². The van der Waals surface area contributed by atoms with E-state index in [4.69, 9.17) is 4.42 Å². The Balaban J connectivity index is 1.98. The molecule has 2 N–H and O–H groups in total. The third kappa shape index (κ3) is 4.38. The van der Waals surface area contributed by atoms with E-state index in [1.807, 2.05) is 6.92 Å². The minimum absolute atomic E-state index is 0.0331. The summed E-state index contributed by atoms with van der Waals surface area (Å²) in [5.74, 6) is 0.955. The highest BCUT2D eigenvalue weighted by atomic mass is 16.4. The molecule has 6 nitrogen and oxygen atoms in total. The van der Waals surface area contributed by atoms with Crippen molar-refractivity contribution < 1.29 is 19.1 Å². The quantitative estimate of drug-likeness (QED) is 0.833. The van der Waals surface area contributed by atoms with Crippen LogP contribution in [0.3, 0.4) is 0 Å². The van der Waals surface area contributed by atoms with Crippen molar-refractivity contribution in [3.8, 4) is 0 Å². The van der Waals surface area contributed by atoms with Gasteiger partial charge in [-0.2, -0.15) is 0 Å². The normalized spacial score (nSPS) is 20.5. The molecule has 1 saturated heterocycles. The van der Waals surface area contributed by atoms with Crippen molar-refractivity contribution in [2.45, 2.75) is 64.5 Å². The summed E-state index contributed by atoms with van der Waals surface area (Å²) in [7, 11) is 0. The van der Waals surface area contributed by atoms with Gasteiger partial charge < -0.3 is 19.7 Å². The summed E-state index contributed by atoms with van der Waals surface area (Å²) in [5, 5.41) is 13.3. The average molecular weight is 336 g/mol. The van der Waals surface area contributed by atoms with Gasteiger partial charge >= 0.3 is 0 Å². The molecule has 0 aromatic carbocycles. The van der Waals surface area contributed by atoms with Crippen LogP contribution in [0.4, 0.5) is 0 Å². The molecule has 2 atom stereocenters. The van der Waals surface area contributed by atoms with E-state index in [0.717, 1.165) is 19.3 Å². The van der Waals surface area contributed by atoms with Crippen LogP contribution in [0, 0.1) is 6.92 Å². The van der Waals surface area contributed by atoms with Crippen LogP contribution in [0.1, 0.15) is 57.5 Å². The van der Waals surface area contributed by atoms with E-state index < -0.39 is 11.6 Å². The number of aryl methyl sites for hydroxylation is 1. The van der Waals surface area contributed by atoms with Crippen LogP contribution in [-0.4, -0.2) is 41.0 Å². The predicted molar refractivity (Wildman–Crippen MR) is 90.3 cm³/mol. The van der Waals surface area contributed by atoms with Gasteiger partial charge in [0.25, 0.3) is 0 Å². The molecule has 1 aliphatic rings. The molecule has 0 radical (unpaired) electrons. The molecule has 0 spiro atoms. The maximum atomic E-state index is 12.6. The molecule has 134 valence electrons. The van der Waals surface area contributed by atoms with Gasteiger partial charge in [-0.05, 0) is 51.7 Å². The summed E-state index contributed by atoms with van der Waals surface area (Å²) in [6, 6.07) is 3.05. The number of nitrogens with one attached hydrogen (secondary N) is 1. The highest BCUT2D eigenvalue weighted by molar-refractivity contribution is 5.87. The van der Waals surface area contributed by atoms with Gasteiger partial charge in [0.1, 0.15) is 23.2 Å². The number of amides is 2. The highest BCUT2D eigenvalue weighted by Crippen LogP contribution is 2.23. The Morgan fingerprint density at radius 2 is 2.17 bits per heavy atom. The zero-order chi connectivity index (χ0) is 17.7. The molecule has 2 unspecified atom stereocenters. The molecule has 0 saturated carbocycles. The Labute approximate surface area is 143 Å². The van der Waals surface area contributed by atoms with Gasteiger partial charge in [-0.25, -0.2) is 0 Å². The summed E-state index contributed by atoms with van der Waals surface area (Å²) in [6.07, 6.45) is 3.77. The molecular formula is C18H28N2O4. The molecule has 2 amide bonds. The number of rotatable bonds is 6. The molecule has 1 aromatic heterocycles. The highest BCUT2D eigenvalue weighted by Gasteiger charge is 2.34. The van der Waals surface area contributed by atoms with Crippen LogP contribution in [0.25, 0.3) is 0 Å². The fourth-order valence-electron chi connectivity index (χ4n) is 3.05. The van der Waals surface area contributed by atoms with Gasteiger partial charge in [-0.1, -0.05) is 6.92 Å². The topological polar surface area (TPSA) is 82.8 Å². The van der Waals surface area contributed by atoms with Crippen LogP contribution in [0.15, 0.2) is 16.5 Å². The standard InChI is InChI=1S/C18H28N2O4/c1-4-7-16(21)20-11-6-5-8-14(20)17(22)19-12-18(3,23)15-10-9-13(2)24-15/h9-10,14,23H,4-8,11-12H2,1-3H3,(H,19,22). The first-order valence-corrected chi connectivity index (χ1v) is 8.71. The number of carbonyl (C=O) groups excluding carboxylic acids is 2. The van der Waals surface area contributed by atoms with Crippen molar-refractivity contribution in [1.82, 2.24) is 10.2 Å². The maximum absolute atomic E-state index is 12.6. The fourth-order valence-corrected chi connectivity index (χ4v) is 3.05. The lowest BCUT2D eigenvalue weighted by molar-refractivity contribution is -0.142. The number of aliphatic hydroxyl groups is 1. The molecule has 24 heavy (non-hydrogen) atoms. The minimum atomic E-state index is -1.28. The van der Waals surface area contributed by atoms with Crippen molar-refractivity contribution in [3.05, 3.63) is 23.7 Å². The SMILES string of the molecule is CCCC(=O)N1CCCCC1C(=O)NCC(C)(O)c1ccc(C)o1. The second kappa shape index (κ2) is 7.83. The second-order valence-electron chi connectivity index (χ2n) is 6.75. The molecule has 0 aliphatic carbocycles. The van der Waals surface area contributed by atoms with Gasteiger partial charge in [0, 0.05) is 13.0 Å². The predicted octanol–water partition coefficient (Wildman–Crippen LogP) is 2.09. The van der Waals surface area contributed by atoms with Crippen molar-refractivity contribution in [3.63, 3.8) is 0 Å². The van der Waals surface area contributed by atoms with Gasteiger partial charge in [-0.3, -0.25) is 9.59 Å². The van der Waals surface area contributed by atoms with E-state index in [-0.39, 0.29) is 18.4 Å². The molecule has 0 bridgehead atoms. The van der Waals surface area contributed by atoms with E-state index in [1.54, 1.807) is 30.9 Å². The molecule has 1 aliphatic heterocycles. The number of furan rings is 1. The van der Waals surface area contributed by atoms with Crippen LogP contribution in [0.5, 0.6) is 0 Å². The van der Waals surface area contributed by atoms with Crippen molar-refractivity contribution in [2.24, 2.45) is 0 Å². The zero-order valence-corrected chi connectivity index (χ0v) is 14.8. The molecule has 1 aromatic rings. The summed E-state index contributed by atoms with van der Waals surface area (Å²) < 4.78 is 5.45. The Morgan fingerprint density at radius 3 is 2.79 bits per heavy atom. The molecular weight excluding hydrogens is 308 g/mol. The maximum Gasteiger partial charge on any atom is 0.242 e. The minimum Gasteiger partial charge on any atom is -0.463 e. The lowest BCUT2D eigenvalue weighted by atomic mass is 9.99. The first-order valence-electron chi connectivity index (χ1n) is 8.71. The molecule has 1 fully saturated rings. The number of nitrogens with zero attached hydrogens (tertiary/aromatic N) is 1. The average Bonchev–Trinajstić information content (AvgIpc) is 3.00. The number of carbonyl (C=O) groups is 2. The lowest BCUT2D eigenvalue weighted by Gasteiger charge is -2.35. The Hall–Kier alpha value is -1.82. The molecule has 6 heteroatoms. The zero-order valence-electron chi connectivity index (χ0n) is 14.8. The van der Waals surface area contributed by atoms with E-state index >= 15 is 0 Å². The fraction of sp³-hybridized carbons (Fsp3) is 0.667. The third-order valence-corrected chi connectivity index (χ3v) is 4.47. The van der Waals surface area contributed by atoms with Crippen molar-refractivity contribution >= 4 is 11.8 Å². The van der Waals surface area contributed by atoms with Crippen molar-refractivity contribution in [1.29, 1.82) is 0 Å². The molecule has 2 rings (SSSR count). The summed E-state index contributed by atoms with van der Waals surface area (Å²) >= 11 is 0.